The molecule has 5 heteroatoms. The Hall–Kier alpha value is -1.10. The Labute approximate surface area is 108 Å². The van der Waals surface area contributed by atoms with Gasteiger partial charge in [-0.15, -0.1) is 0 Å². The van der Waals surface area contributed by atoms with Crippen LogP contribution in [0.3, 0.4) is 0 Å². The molecule has 0 radical (unpaired) electrons. The number of amides is 2. The zero-order valence-electron chi connectivity index (χ0n) is 10.9. The van der Waals surface area contributed by atoms with Crippen LogP contribution in [-0.2, 0) is 9.59 Å². The summed E-state index contributed by atoms with van der Waals surface area (Å²) in [5.74, 6) is 1.13. The summed E-state index contributed by atoms with van der Waals surface area (Å²) in [6.07, 6.45) is 4.87. The maximum atomic E-state index is 11.9. The number of hydrogen-bond donors (Lipinski definition) is 2. The third-order valence-electron chi connectivity index (χ3n) is 3.86. The summed E-state index contributed by atoms with van der Waals surface area (Å²) in [5.41, 5.74) is 5.19. The monoisotopic (exact) mass is 253 g/mol. The molecule has 5 nitrogen and oxygen atoms in total. The first-order chi connectivity index (χ1) is 8.65. The van der Waals surface area contributed by atoms with Gasteiger partial charge in [0.1, 0.15) is 0 Å². The summed E-state index contributed by atoms with van der Waals surface area (Å²) in [6.45, 7) is 2.96. The number of primary amides is 1. The quantitative estimate of drug-likeness (QED) is 0.705. The zero-order chi connectivity index (χ0) is 13.0. The van der Waals surface area contributed by atoms with Crippen molar-refractivity contribution in [1.82, 2.24) is 10.2 Å². The van der Waals surface area contributed by atoms with E-state index in [0.717, 1.165) is 38.4 Å². The van der Waals surface area contributed by atoms with E-state index in [-0.39, 0.29) is 11.8 Å². The van der Waals surface area contributed by atoms with Gasteiger partial charge in [0.2, 0.25) is 11.8 Å². The Morgan fingerprint density at radius 1 is 1.11 bits per heavy atom. The van der Waals surface area contributed by atoms with Crippen LogP contribution < -0.4 is 11.1 Å². The molecule has 0 atom stereocenters. The summed E-state index contributed by atoms with van der Waals surface area (Å²) >= 11 is 0. The highest BCUT2D eigenvalue weighted by Crippen LogP contribution is 2.27. The highest BCUT2D eigenvalue weighted by Gasteiger charge is 2.24. The summed E-state index contributed by atoms with van der Waals surface area (Å²) in [6, 6.07) is 0. The van der Waals surface area contributed by atoms with E-state index in [4.69, 9.17) is 5.73 Å². The molecule has 0 aromatic heterocycles. The second-order valence-electron chi connectivity index (χ2n) is 5.57. The maximum Gasteiger partial charge on any atom is 0.236 e. The minimum absolute atomic E-state index is 0.188. The fraction of sp³-hybridized carbons (Fsp3) is 0.846. The fourth-order valence-electron chi connectivity index (χ4n) is 2.49. The molecular weight excluding hydrogens is 230 g/mol. The van der Waals surface area contributed by atoms with E-state index >= 15 is 0 Å². The van der Waals surface area contributed by atoms with Gasteiger partial charge in [0, 0.05) is 19.5 Å². The highest BCUT2D eigenvalue weighted by molar-refractivity contribution is 5.78. The summed E-state index contributed by atoms with van der Waals surface area (Å²) in [7, 11) is 0. The molecule has 0 bridgehead atoms. The number of rotatable bonds is 6. The van der Waals surface area contributed by atoms with Crippen LogP contribution in [-0.4, -0.2) is 42.9 Å². The van der Waals surface area contributed by atoms with Crippen molar-refractivity contribution < 1.29 is 9.59 Å². The third-order valence-corrected chi connectivity index (χ3v) is 3.86. The maximum absolute atomic E-state index is 11.9. The standard InChI is InChI=1S/C13H23N3O2/c14-12(17)7-10-3-5-16(6-4-10)13(18)9-15-8-11-1-2-11/h10-11,15H,1-9H2,(H2,14,17). The van der Waals surface area contributed by atoms with Crippen molar-refractivity contribution in [2.45, 2.75) is 32.1 Å². The predicted octanol–water partition coefficient (Wildman–Crippen LogP) is 0.1000. The van der Waals surface area contributed by atoms with Crippen molar-refractivity contribution in [3.63, 3.8) is 0 Å². The molecule has 2 fully saturated rings. The van der Waals surface area contributed by atoms with E-state index in [2.05, 4.69) is 5.32 Å². The topological polar surface area (TPSA) is 75.4 Å². The number of nitrogens with one attached hydrogen (secondary N) is 1. The van der Waals surface area contributed by atoms with Gasteiger partial charge < -0.3 is 16.0 Å². The van der Waals surface area contributed by atoms with Crippen molar-refractivity contribution in [3.05, 3.63) is 0 Å². The lowest BCUT2D eigenvalue weighted by atomic mass is 9.93. The smallest absolute Gasteiger partial charge is 0.236 e. The summed E-state index contributed by atoms with van der Waals surface area (Å²) in [5, 5.41) is 3.22. The first-order valence-corrected chi connectivity index (χ1v) is 6.92. The zero-order valence-corrected chi connectivity index (χ0v) is 10.9. The van der Waals surface area contributed by atoms with Gasteiger partial charge in [-0.05, 0) is 44.1 Å². The van der Waals surface area contributed by atoms with Gasteiger partial charge in [-0.3, -0.25) is 9.59 Å². The number of hydrogen-bond acceptors (Lipinski definition) is 3. The Balaban J connectivity index is 1.61. The molecule has 0 unspecified atom stereocenters. The molecule has 0 spiro atoms. The number of likely N-dealkylation sites (tertiary alicyclic amines) is 1. The van der Waals surface area contributed by atoms with Gasteiger partial charge in [0.05, 0.1) is 6.54 Å². The lowest BCUT2D eigenvalue weighted by molar-refractivity contribution is -0.131. The molecule has 2 aliphatic rings. The van der Waals surface area contributed by atoms with Gasteiger partial charge in [0.15, 0.2) is 0 Å². The van der Waals surface area contributed by atoms with E-state index in [0.29, 0.717) is 18.9 Å². The molecule has 1 aliphatic heterocycles. The van der Waals surface area contributed by atoms with E-state index in [1.54, 1.807) is 0 Å². The lowest BCUT2D eigenvalue weighted by Crippen LogP contribution is -2.43. The predicted molar refractivity (Wildman–Crippen MR) is 68.7 cm³/mol. The van der Waals surface area contributed by atoms with Gasteiger partial charge in [-0.25, -0.2) is 0 Å². The van der Waals surface area contributed by atoms with Crippen molar-refractivity contribution in [2.75, 3.05) is 26.2 Å². The first-order valence-electron chi connectivity index (χ1n) is 6.92. The second kappa shape index (κ2) is 6.18. The second-order valence-corrected chi connectivity index (χ2v) is 5.57. The molecule has 18 heavy (non-hydrogen) atoms. The number of piperidine rings is 1. The average molecular weight is 253 g/mol. The molecule has 3 N–H and O–H groups in total. The molecule has 1 aliphatic carbocycles. The van der Waals surface area contributed by atoms with Crippen LogP contribution in [0.2, 0.25) is 0 Å². The number of nitrogens with zero attached hydrogens (tertiary/aromatic N) is 1. The van der Waals surface area contributed by atoms with Crippen LogP contribution in [0.25, 0.3) is 0 Å². The number of carbonyl (C=O) groups excluding carboxylic acids is 2. The third kappa shape index (κ3) is 4.29. The van der Waals surface area contributed by atoms with Crippen LogP contribution in [0.1, 0.15) is 32.1 Å². The minimum Gasteiger partial charge on any atom is -0.370 e. The molecule has 1 saturated carbocycles. The van der Waals surface area contributed by atoms with E-state index < -0.39 is 0 Å². The average Bonchev–Trinajstić information content (AvgIpc) is 3.13. The van der Waals surface area contributed by atoms with Crippen molar-refractivity contribution in [2.24, 2.45) is 17.6 Å². The Bertz CT molecular complexity index is 307. The number of nitrogens with two attached hydrogens (primary N) is 1. The van der Waals surface area contributed by atoms with Gasteiger partial charge in [-0.2, -0.15) is 0 Å². The van der Waals surface area contributed by atoms with Crippen LogP contribution >= 0.6 is 0 Å². The fourth-order valence-corrected chi connectivity index (χ4v) is 2.49. The van der Waals surface area contributed by atoms with Gasteiger partial charge in [-0.1, -0.05) is 0 Å². The molecule has 102 valence electrons. The molecular formula is C13H23N3O2. The normalized spacial score (nSPS) is 21.0. The van der Waals surface area contributed by atoms with E-state index in [9.17, 15) is 9.59 Å². The molecule has 0 aromatic carbocycles. The Kier molecular flexibility index (Phi) is 4.58. The first kappa shape index (κ1) is 13.3. The van der Waals surface area contributed by atoms with Gasteiger partial charge in [0.25, 0.3) is 0 Å². The van der Waals surface area contributed by atoms with E-state index in [1.807, 2.05) is 4.90 Å². The Morgan fingerprint density at radius 2 is 1.78 bits per heavy atom. The number of carbonyl (C=O) groups is 2. The molecule has 1 heterocycles. The molecule has 2 rings (SSSR count). The van der Waals surface area contributed by atoms with Crippen LogP contribution in [0.4, 0.5) is 0 Å². The Morgan fingerprint density at radius 3 is 2.33 bits per heavy atom. The van der Waals surface area contributed by atoms with Gasteiger partial charge >= 0.3 is 0 Å². The van der Waals surface area contributed by atoms with Crippen molar-refractivity contribution in [1.29, 1.82) is 0 Å². The van der Waals surface area contributed by atoms with E-state index in [1.165, 1.54) is 12.8 Å². The van der Waals surface area contributed by atoms with Crippen LogP contribution in [0.15, 0.2) is 0 Å². The molecule has 1 saturated heterocycles. The summed E-state index contributed by atoms with van der Waals surface area (Å²) < 4.78 is 0. The lowest BCUT2D eigenvalue weighted by Gasteiger charge is -2.31. The largest absolute Gasteiger partial charge is 0.370 e. The summed E-state index contributed by atoms with van der Waals surface area (Å²) in [4.78, 5) is 24.6. The van der Waals surface area contributed by atoms with Crippen molar-refractivity contribution in [3.8, 4) is 0 Å². The van der Waals surface area contributed by atoms with Crippen molar-refractivity contribution >= 4 is 11.8 Å². The van der Waals surface area contributed by atoms with Crippen LogP contribution in [0.5, 0.6) is 0 Å². The molecule has 0 aromatic rings. The highest BCUT2D eigenvalue weighted by atomic mass is 16.2. The minimum atomic E-state index is -0.231. The van der Waals surface area contributed by atoms with Crippen LogP contribution in [0, 0.1) is 11.8 Å². The molecule has 2 amide bonds. The SMILES string of the molecule is NC(=O)CC1CCN(C(=O)CNCC2CC2)CC1.